The molecule has 1 aromatic carbocycles. The van der Waals surface area contributed by atoms with Gasteiger partial charge in [-0.3, -0.25) is 0 Å². The predicted molar refractivity (Wildman–Crippen MR) is 98.2 cm³/mol. The third-order valence-electron chi connectivity index (χ3n) is 4.34. The van der Waals surface area contributed by atoms with Gasteiger partial charge in [-0.2, -0.15) is 22.7 Å². The van der Waals surface area contributed by atoms with Gasteiger partial charge >= 0.3 is 6.18 Å². The van der Waals surface area contributed by atoms with E-state index in [0.717, 1.165) is 4.52 Å². The summed E-state index contributed by atoms with van der Waals surface area (Å²) in [6.45, 7) is 2.76. The average Bonchev–Trinajstić information content (AvgIpc) is 3.24. The van der Waals surface area contributed by atoms with Gasteiger partial charge in [0.2, 0.25) is 0 Å². The first-order chi connectivity index (χ1) is 13.2. The highest BCUT2D eigenvalue weighted by atomic mass is 35.5. The molecule has 0 bridgehead atoms. The molecule has 2 aromatic heterocycles. The topological polar surface area (TPSA) is 55.6 Å². The Balaban J connectivity index is 1.58. The van der Waals surface area contributed by atoms with Crippen LogP contribution in [-0.2, 0) is 6.18 Å². The van der Waals surface area contributed by atoms with Crippen molar-refractivity contribution in [3.05, 3.63) is 45.8 Å². The molecular formula is C17H14Cl2F3N5O. The molecule has 3 heterocycles. The fraction of sp³-hybridized carbons (Fsp3) is 0.353. The second-order valence-corrected chi connectivity index (χ2v) is 7.27. The summed E-state index contributed by atoms with van der Waals surface area (Å²) in [5.41, 5.74) is 0.553. The second-order valence-electron chi connectivity index (χ2n) is 6.45. The van der Waals surface area contributed by atoms with E-state index in [4.69, 9.17) is 27.9 Å². The number of benzene rings is 1. The molecule has 1 unspecified atom stereocenters. The van der Waals surface area contributed by atoms with Crippen LogP contribution >= 0.6 is 23.2 Å². The zero-order valence-electron chi connectivity index (χ0n) is 14.5. The van der Waals surface area contributed by atoms with Gasteiger partial charge in [-0.15, -0.1) is 5.10 Å². The first-order valence-electron chi connectivity index (χ1n) is 8.39. The highest BCUT2D eigenvalue weighted by molar-refractivity contribution is 6.42. The highest BCUT2D eigenvalue weighted by Crippen LogP contribution is 2.30. The molecule has 0 amide bonds. The van der Waals surface area contributed by atoms with Gasteiger partial charge in [-0.1, -0.05) is 23.2 Å². The molecular weight excluding hydrogens is 418 g/mol. The molecule has 6 nitrogen and oxygen atoms in total. The second kappa shape index (κ2) is 6.97. The smallest absolute Gasteiger partial charge is 0.453 e. The molecule has 1 atom stereocenters. The van der Waals surface area contributed by atoms with E-state index < -0.39 is 12.0 Å². The van der Waals surface area contributed by atoms with Gasteiger partial charge in [0.1, 0.15) is 17.7 Å². The van der Waals surface area contributed by atoms with Crippen molar-refractivity contribution in [2.75, 3.05) is 18.0 Å². The van der Waals surface area contributed by atoms with Crippen LogP contribution in [0.3, 0.4) is 0 Å². The Kier molecular flexibility index (Phi) is 4.75. The Morgan fingerprint density at radius 2 is 1.93 bits per heavy atom. The summed E-state index contributed by atoms with van der Waals surface area (Å²) >= 11 is 11.9. The summed E-state index contributed by atoms with van der Waals surface area (Å²) < 4.78 is 46.0. The van der Waals surface area contributed by atoms with Crippen molar-refractivity contribution >= 4 is 34.8 Å². The van der Waals surface area contributed by atoms with Crippen LogP contribution in [0.4, 0.5) is 19.0 Å². The molecule has 3 aromatic rings. The Labute approximate surface area is 167 Å². The van der Waals surface area contributed by atoms with Crippen LogP contribution in [0.15, 0.2) is 24.3 Å². The maximum Gasteiger partial charge on any atom is 0.453 e. The van der Waals surface area contributed by atoms with E-state index in [-0.39, 0.29) is 11.9 Å². The zero-order valence-corrected chi connectivity index (χ0v) is 16.1. The van der Waals surface area contributed by atoms with Crippen molar-refractivity contribution in [1.82, 2.24) is 19.6 Å². The standard InChI is InChI=1S/C17H14Cl2F3N5O/c1-9-6-14(27-16(23-9)24-15(25-27)17(20,21)22)26-5-4-11(8-26)28-10-2-3-12(18)13(19)7-10/h2-3,6-7,11H,4-5,8H2,1H3. The lowest BCUT2D eigenvalue weighted by atomic mass is 10.3. The number of halogens is 5. The van der Waals surface area contributed by atoms with Gasteiger partial charge < -0.3 is 9.64 Å². The molecule has 0 spiro atoms. The van der Waals surface area contributed by atoms with E-state index in [2.05, 4.69) is 15.1 Å². The molecule has 1 aliphatic rings. The van der Waals surface area contributed by atoms with E-state index in [1.54, 1.807) is 31.2 Å². The van der Waals surface area contributed by atoms with Crippen molar-refractivity contribution in [2.24, 2.45) is 0 Å². The van der Waals surface area contributed by atoms with Crippen molar-refractivity contribution in [2.45, 2.75) is 25.6 Å². The Hall–Kier alpha value is -2.26. The van der Waals surface area contributed by atoms with E-state index in [9.17, 15) is 13.2 Å². The molecule has 4 rings (SSSR count). The SMILES string of the molecule is Cc1cc(N2CCC(Oc3ccc(Cl)c(Cl)c3)C2)n2nc(C(F)(F)F)nc2n1. The molecule has 11 heteroatoms. The van der Waals surface area contributed by atoms with Crippen LogP contribution in [-0.4, -0.2) is 38.8 Å². The number of rotatable bonds is 3. The maximum atomic E-state index is 13.0. The summed E-state index contributed by atoms with van der Waals surface area (Å²) in [6, 6.07) is 6.69. The van der Waals surface area contributed by atoms with E-state index in [0.29, 0.717) is 46.8 Å². The van der Waals surface area contributed by atoms with Crippen LogP contribution in [0.2, 0.25) is 10.0 Å². The number of alkyl halides is 3. The van der Waals surface area contributed by atoms with Gasteiger partial charge in [0.25, 0.3) is 11.6 Å². The van der Waals surface area contributed by atoms with Crippen LogP contribution in [0, 0.1) is 6.92 Å². The van der Waals surface area contributed by atoms with Gasteiger partial charge in [0.05, 0.1) is 16.6 Å². The van der Waals surface area contributed by atoms with Crippen LogP contribution in [0.25, 0.3) is 5.78 Å². The van der Waals surface area contributed by atoms with E-state index in [1.165, 1.54) is 0 Å². The summed E-state index contributed by atoms with van der Waals surface area (Å²) in [5, 5.41) is 4.43. The number of hydrogen-bond acceptors (Lipinski definition) is 5. The predicted octanol–water partition coefficient (Wildman–Crippen LogP) is 4.42. The van der Waals surface area contributed by atoms with Crippen molar-refractivity contribution in [1.29, 1.82) is 0 Å². The lowest BCUT2D eigenvalue weighted by Crippen LogP contribution is -2.26. The monoisotopic (exact) mass is 431 g/mol. The van der Waals surface area contributed by atoms with Gasteiger partial charge in [-0.05, 0) is 19.1 Å². The number of nitrogens with zero attached hydrogens (tertiary/aromatic N) is 5. The molecule has 1 fully saturated rings. The van der Waals surface area contributed by atoms with Crippen molar-refractivity contribution < 1.29 is 17.9 Å². The third kappa shape index (κ3) is 3.68. The Morgan fingerprint density at radius 1 is 1.14 bits per heavy atom. The van der Waals surface area contributed by atoms with E-state index >= 15 is 0 Å². The molecule has 148 valence electrons. The molecule has 28 heavy (non-hydrogen) atoms. The normalized spacial score (nSPS) is 17.5. The van der Waals surface area contributed by atoms with Gasteiger partial charge in [0, 0.05) is 30.8 Å². The minimum Gasteiger partial charge on any atom is -0.488 e. The van der Waals surface area contributed by atoms with Gasteiger partial charge in [0.15, 0.2) is 0 Å². The molecule has 0 radical (unpaired) electrons. The molecule has 0 aliphatic carbocycles. The first-order valence-corrected chi connectivity index (χ1v) is 9.14. The average molecular weight is 432 g/mol. The molecule has 1 aliphatic heterocycles. The highest BCUT2D eigenvalue weighted by Gasteiger charge is 2.37. The van der Waals surface area contributed by atoms with Crippen LogP contribution in [0.5, 0.6) is 5.75 Å². The number of anilines is 1. The number of aromatic nitrogens is 4. The molecule has 1 saturated heterocycles. The summed E-state index contributed by atoms with van der Waals surface area (Å²) in [5.74, 6) is -0.228. The fourth-order valence-corrected chi connectivity index (χ4v) is 3.38. The lowest BCUT2D eigenvalue weighted by molar-refractivity contribution is -0.144. The Bertz CT molecular complexity index is 1040. The minimum absolute atomic E-state index is 0.0869. The van der Waals surface area contributed by atoms with Crippen molar-refractivity contribution in [3.63, 3.8) is 0 Å². The van der Waals surface area contributed by atoms with Crippen LogP contribution < -0.4 is 9.64 Å². The summed E-state index contributed by atoms with van der Waals surface area (Å²) in [4.78, 5) is 9.46. The van der Waals surface area contributed by atoms with Crippen molar-refractivity contribution in [3.8, 4) is 5.75 Å². The number of hydrogen-bond donors (Lipinski definition) is 0. The number of ether oxygens (including phenoxy) is 1. The largest absolute Gasteiger partial charge is 0.488 e. The number of fused-ring (bicyclic) bond motifs is 1. The van der Waals surface area contributed by atoms with E-state index in [1.807, 2.05) is 4.90 Å². The van der Waals surface area contributed by atoms with Crippen LogP contribution in [0.1, 0.15) is 17.9 Å². The third-order valence-corrected chi connectivity index (χ3v) is 5.08. The summed E-state index contributed by atoms with van der Waals surface area (Å²) in [7, 11) is 0. The minimum atomic E-state index is -4.64. The first kappa shape index (κ1) is 19.1. The fourth-order valence-electron chi connectivity index (χ4n) is 3.09. The number of aryl methyl sites for hydroxylation is 1. The Morgan fingerprint density at radius 3 is 2.64 bits per heavy atom. The quantitative estimate of drug-likeness (QED) is 0.614. The molecule has 0 N–H and O–H groups in total. The maximum absolute atomic E-state index is 13.0. The van der Waals surface area contributed by atoms with Gasteiger partial charge in [-0.25, -0.2) is 4.98 Å². The summed E-state index contributed by atoms with van der Waals surface area (Å²) in [6.07, 6.45) is -4.11. The molecule has 0 saturated carbocycles. The zero-order chi connectivity index (χ0) is 20.1. The lowest BCUT2D eigenvalue weighted by Gasteiger charge is -2.20.